The van der Waals surface area contributed by atoms with Crippen molar-refractivity contribution in [1.29, 1.82) is 0 Å². The van der Waals surface area contributed by atoms with Crippen LogP contribution in [-0.4, -0.2) is 17.0 Å². The van der Waals surface area contributed by atoms with E-state index >= 15 is 0 Å². The number of rotatable bonds is 4. The second-order valence-electron chi connectivity index (χ2n) is 5.68. The normalized spacial score (nSPS) is 22.1. The van der Waals surface area contributed by atoms with Gasteiger partial charge < -0.3 is 5.11 Å². The van der Waals surface area contributed by atoms with Gasteiger partial charge in [0, 0.05) is 23.0 Å². The first kappa shape index (κ1) is 15.5. The predicted octanol–water partition coefficient (Wildman–Crippen LogP) is 4.23. The molecule has 1 aromatic carbocycles. The average Bonchev–Trinajstić information content (AvgIpc) is 2.46. The molecule has 0 heterocycles. The number of aliphatic hydroxyl groups excluding tert-OH is 1. The number of aliphatic hydroxyl groups is 1. The summed E-state index contributed by atoms with van der Waals surface area (Å²) in [6.45, 7) is 2.52. The minimum atomic E-state index is 0.141. The summed E-state index contributed by atoms with van der Waals surface area (Å²) in [4.78, 5) is 0. The van der Waals surface area contributed by atoms with Crippen LogP contribution in [0, 0.1) is 17.8 Å². The molecule has 1 aliphatic carbocycles. The molecule has 1 aromatic rings. The number of benzene rings is 1. The third-order valence-corrected chi connectivity index (χ3v) is 5.17. The largest absolute Gasteiger partial charge is 0.395 e. The van der Waals surface area contributed by atoms with Gasteiger partial charge in [-0.05, 0) is 36.5 Å². The Balaban J connectivity index is 1.86. The third-order valence-electron chi connectivity index (χ3n) is 3.77. The Morgan fingerprint density at radius 3 is 3.05 bits per heavy atom. The van der Waals surface area contributed by atoms with E-state index in [9.17, 15) is 0 Å². The predicted molar refractivity (Wildman–Crippen MR) is 87.7 cm³/mol. The Hall–Kier alpha value is -0.910. The van der Waals surface area contributed by atoms with Crippen molar-refractivity contribution >= 4 is 11.8 Å². The molecule has 0 saturated heterocycles. The van der Waals surface area contributed by atoms with Crippen molar-refractivity contribution in [1.82, 2.24) is 0 Å². The van der Waals surface area contributed by atoms with Gasteiger partial charge in [0.2, 0.25) is 0 Å². The number of thioether (sulfide) groups is 1. The fourth-order valence-corrected chi connectivity index (χ4v) is 4.11. The summed E-state index contributed by atoms with van der Waals surface area (Å²) in [5.74, 6) is 8.08. The zero-order chi connectivity index (χ0) is 14.2. The van der Waals surface area contributed by atoms with E-state index in [-0.39, 0.29) is 6.61 Å². The van der Waals surface area contributed by atoms with Gasteiger partial charge >= 0.3 is 0 Å². The Morgan fingerprint density at radius 2 is 2.25 bits per heavy atom. The lowest BCUT2D eigenvalue weighted by Crippen LogP contribution is -2.15. The van der Waals surface area contributed by atoms with Gasteiger partial charge in [-0.15, -0.1) is 0 Å². The first-order valence-electron chi connectivity index (χ1n) is 7.58. The van der Waals surface area contributed by atoms with E-state index in [1.165, 1.54) is 31.2 Å². The summed E-state index contributed by atoms with van der Waals surface area (Å²) in [5, 5.41) is 9.58. The lowest BCUT2D eigenvalue weighted by Gasteiger charge is -2.26. The highest BCUT2D eigenvalue weighted by Crippen LogP contribution is 2.33. The van der Waals surface area contributed by atoms with Crippen LogP contribution in [-0.2, 0) is 5.75 Å². The van der Waals surface area contributed by atoms with Crippen LogP contribution in [0.2, 0.25) is 0 Å². The molecule has 0 bridgehead atoms. The molecular weight excluding hydrogens is 264 g/mol. The van der Waals surface area contributed by atoms with Crippen molar-refractivity contribution < 1.29 is 5.11 Å². The Kier molecular flexibility index (Phi) is 6.50. The number of hydrogen-bond donors (Lipinski definition) is 1. The minimum absolute atomic E-state index is 0.141. The van der Waals surface area contributed by atoms with E-state index in [0.29, 0.717) is 6.42 Å². The van der Waals surface area contributed by atoms with E-state index in [1.807, 2.05) is 6.07 Å². The maximum absolute atomic E-state index is 8.74. The molecule has 1 saturated carbocycles. The molecule has 2 unspecified atom stereocenters. The van der Waals surface area contributed by atoms with Gasteiger partial charge in [0.15, 0.2) is 0 Å². The fraction of sp³-hybridized carbons (Fsp3) is 0.556. The molecule has 0 aliphatic heterocycles. The standard InChI is InChI=1S/C18H24OS/c1-15-6-4-10-18(12-15)20-14-17-9-5-8-16(13-17)7-2-3-11-19/h5,8-9,13,15,18-19H,3-4,6,10-12,14H2,1H3. The van der Waals surface area contributed by atoms with Gasteiger partial charge in [-0.25, -0.2) is 0 Å². The first-order valence-corrected chi connectivity index (χ1v) is 8.63. The van der Waals surface area contributed by atoms with E-state index in [2.05, 4.69) is 48.7 Å². The van der Waals surface area contributed by atoms with Crippen molar-refractivity contribution in [2.75, 3.05) is 6.61 Å². The van der Waals surface area contributed by atoms with Crippen LogP contribution in [0.1, 0.15) is 50.2 Å². The zero-order valence-corrected chi connectivity index (χ0v) is 13.1. The van der Waals surface area contributed by atoms with E-state index in [0.717, 1.165) is 22.5 Å². The molecule has 1 aliphatic rings. The van der Waals surface area contributed by atoms with Crippen molar-refractivity contribution in [2.24, 2.45) is 5.92 Å². The van der Waals surface area contributed by atoms with E-state index < -0.39 is 0 Å². The van der Waals surface area contributed by atoms with Crippen LogP contribution in [0.4, 0.5) is 0 Å². The summed E-state index contributed by atoms with van der Waals surface area (Å²) in [7, 11) is 0. The molecule has 20 heavy (non-hydrogen) atoms. The molecule has 108 valence electrons. The van der Waals surface area contributed by atoms with Gasteiger partial charge in [-0.2, -0.15) is 11.8 Å². The fourth-order valence-electron chi connectivity index (χ4n) is 2.70. The highest BCUT2D eigenvalue weighted by molar-refractivity contribution is 7.99. The minimum Gasteiger partial charge on any atom is -0.395 e. The van der Waals surface area contributed by atoms with Gasteiger partial charge in [0.1, 0.15) is 0 Å². The molecule has 2 rings (SSSR count). The van der Waals surface area contributed by atoms with E-state index in [1.54, 1.807) is 0 Å². The Labute approximate surface area is 127 Å². The quantitative estimate of drug-likeness (QED) is 0.837. The maximum Gasteiger partial charge on any atom is 0.0540 e. The maximum atomic E-state index is 8.74. The second-order valence-corrected chi connectivity index (χ2v) is 6.97. The molecule has 2 heteroatoms. The molecular formula is C18H24OS. The van der Waals surface area contributed by atoms with Crippen molar-refractivity contribution in [3.05, 3.63) is 35.4 Å². The van der Waals surface area contributed by atoms with Crippen LogP contribution < -0.4 is 0 Å². The molecule has 1 nitrogen and oxygen atoms in total. The lowest BCUT2D eigenvalue weighted by atomic mass is 9.91. The van der Waals surface area contributed by atoms with Gasteiger partial charge in [-0.3, -0.25) is 0 Å². The van der Waals surface area contributed by atoms with E-state index in [4.69, 9.17) is 5.11 Å². The first-order chi connectivity index (χ1) is 9.78. The Bertz CT molecular complexity index is 472. The summed E-state index contributed by atoms with van der Waals surface area (Å²) >= 11 is 2.10. The van der Waals surface area contributed by atoms with Crippen molar-refractivity contribution in [3.8, 4) is 11.8 Å². The molecule has 1 fully saturated rings. The van der Waals surface area contributed by atoms with Gasteiger partial charge in [-0.1, -0.05) is 43.7 Å². The molecule has 0 radical (unpaired) electrons. The monoisotopic (exact) mass is 288 g/mol. The topological polar surface area (TPSA) is 20.2 Å². The summed E-state index contributed by atoms with van der Waals surface area (Å²) in [6.07, 6.45) is 6.11. The molecule has 2 atom stereocenters. The van der Waals surface area contributed by atoms with Gasteiger partial charge in [0.25, 0.3) is 0 Å². The van der Waals surface area contributed by atoms with Crippen LogP contribution in [0.5, 0.6) is 0 Å². The molecule has 0 spiro atoms. The summed E-state index contributed by atoms with van der Waals surface area (Å²) in [5.41, 5.74) is 2.43. The van der Waals surface area contributed by atoms with Gasteiger partial charge in [0.05, 0.1) is 6.61 Å². The SMILES string of the molecule is CC1CCCC(SCc2cccc(C#CCCO)c2)C1. The lowest BCUT2D eigenvalue weighted by molar-refractivity contribution is 0.305. The van der Waals surface area contributed by atoms with Crippen LogP contribution in [0.3, 0.4) is 0 Å². The third kappa shape index (κ3) is 5.23. The average molecular weight is 288 g/mol. The van der Waals surface area contributed by atoms with Crippen LogP contribution in [0.25, 0.3) is 0 Å². The zero-order valence-electron chi connectivity index (χ0n) is 12.3. The van der Waals surface area contributed by atoms with Crippen molar-refractivity contribution in [3.63, 3.8) is 0 Å². The molecule has 0 aromatic heterocycles. The van der Waals surface area contributed by atoms with Crippen molar-refractivity contribution in [2.45, 2.75) is 50.0 Å². The van der Waals surface area contributed by atoms with Crippen LogP contribution >= 0.6 is 11.8 Å². The number of hydrogen-bond acceptors (Lipinski definition) is 2. The summed E-state index contributed by atoms with van der Waals surface area (Å²) in [6, 6.07) is 8.50. The highest BCUT2D eigenvalue weighted by Gasteiger charge is 2.18. The Morgan fingerprint density at radius 1 is 1.35 bits per heavy atom. The molecule has 0 amide bonds. The highest BCUT2D eigenvalue weighted by atomic mass is 32.2. The summed E-state index contributed by atoms with van der Waals surface area (Å²) < 4.78 is 0. The molecule has 1 N–H and O–H groups in total. The van der Waals surface area contributed by atoms with Crippen LogP contribution in [0.15, 0.2) is 24.3 Å². The second kappa shape index (κ2) is 8.39. The smallest absolute Gasteiger partial charge is 0.0540 e.